The molecular weight excluding hydrogens is 312 g/mol. The molecule has 1 aliphatic heterocycles. The molecule has 1 heterocycles. The summed E-state index contributed by atoms with van der Waals surface area (Å²) >= 11 is 0. The van der Waals surface area contributed by atoms with Gasteiger partial charge in [0, 0.05) is 13.1 Å². The SMILES string of the molecule is Cc1ccc(N([C@H](C)C(=O)N2CCC[C@H](C)C2)S(C)(=O)=O)cc1. The van der Waals surface area contributed by atoms with Gasteiger partial charge < -0.3 is 4.90 Å². The van der Waals surface area contributed by atoms with Crippen LogP contribution in [0.25, 0.3) is 0 Å². The molecule has 0 radical (unpaired) electrons. The molecule has 1 saturated heterocycles. The van der Waals surface area contributed by atoms with Crippen molar-refractivity contribution in [1.29, 1.82) is 0 Å². The molecule has 2 rings (SSSR count). The van der Waals surface area contributed by atoms with Crippen LogP contribution in [0.4, 0.5) is 5.69 Å². The maximum atomic E-state index is 12.8. The van der Waals surface area contributed by atoms with Crippen LogP contribution in [0.3, 0.4) is 0 Å². The molecule has 2 atom stereocenters. The van der Waals surface area contributed by atoms with Gasteiger partial charge in [-0.15, -0.1) is 0 Å². The van der Waals surface area contributed by atoms with E-state index in [1.54, 1.807) is 24.0 Å². The van der Waals surface area contributed by atoms with Crippen molar-refractivity contribution in [2.24, 2.45) is 5.92 Å². The lowest BCUT2D eigenvalue weighted by Crippen LogP contribution is -2.51. The van der Waals surface area contributed by atoms with Crippen LogP contribution in [-0.2, 0) is 14.8 Å². The average molecular weight is 338 g/mol. The number of hydrogen-bond donors (Lipinski definition) is 0. The van der Waals surface area contributed by atoms with Gasteiger partial charge in [-0.1, -0.05) is 24.6 Å². The molecule has 0 spiro atoms. The van der Waals surface area contributed by atoms with Crippen LogP contribution < -0.4 is 4.31 Å². The predicted octanol–water partition coefficient (Wildman–Crippen LogP) is 2.41. The van der Waals surface area contributed by atoms with E-state index in [1.165, 1.54) is 4.31 Å². The highest BCUT2D eigenvalue weighted by molar-refractivity contribution is 7.92. The zero-order valence-corrected chi connectivity index (χ0v) is 15.1. The van der Waals surface area contributed by atoms with Gasteiger partial charge >= 0.3 is 0 Å². The summed E-state index contributed by atoms with van der Waals surface area (Å²) in [5.74, 6) is 0.341. The second kappa shape index (κ2) is 6.91. The third-order valence-electron chi connectivity index (χ3n) is 4.32. The number of rotatable bonds is 4. The van der Waals surface area contributed by atoms with Crippen molar-refractivity contribution in [3.63, 3.8) is 0 Å². The summed E-state index contributed by atoms with van der Waals surface area (Å²) in [7, 11) is -3.54. The van der Waals surface area contributed by atoms with E-state index >= 15 is 0 Å². The summed E-state index contributed by atoms with van der Waals surface area (Å²) < 4.78 is 25.8. The number of benzene rings is 1. The molecule has 0 saturated carbocycles. The number of carbonyl (C=O) groups is 1. The van der Waals surface area contributed by atoms with E-state index < -0.39 is 16.1 Å². The monoisotopic (exact) mass is 338 g/mol. The molecule has 0 aromatic heterocycles. The third kappa shape index (κ3) is 4.25. The first kappa shape index (κ1) is 17.8. The van der Waals surface area contributed by atoms with Crippen molar-refractivity contribution >= 4 is 21.6 Å². The van der Waals surface area contributed by atoms with Gasteiger partial charge in [0.25, 0.3) is 0 Å². The standard InChI is InChI=1S/C17H26N2O3S/c1-13-7-9-16(10-8-13)19(23(4,21)22)15(3)17(20)18-11-5-6-14(2)12-18/h7-10,14-15H,5-6,11-12H2,1-4H3/t14-,15+/m0/s1. The number of sulfonamides is 1. The van der Waals surface area contributed by atoms with Gasteiger partial charge in [0.05, 0.1) is 11.9 Å². The fourth-order valence-electron chi connectivity index (χ4n) is 3.15. The Morgan fingerprint density at radius 2 is 1.91 bits per heavy atom. The molecule has 0 bridgehead atoms. The maximum Gasteiger partial charge on any atom is 0.246 e. The topological polar surface area (TPSA) is 57.7 Å². The number of likely N-dealkylation sites (tertiary alicyclic amines) is 1. The minimum absolute atomic E-state index is 0.123. The molecule has 5 nitrogen and oxygen atoms in total. The average Bonchev–Trinajstić information content (AvgIpc) is 2.47. The molecule has 128 valence electrons. The van der Waals surface area contributed by atoms with Crippen molar-refractivity contribution in [2.75, 3.05) is 23.7 Å². The number of nitrogens with zero attached hydrogens (tertiary/aromatic N) is 2. The first-order valence-corrected chi connectivity index (χ1v) is 9.90. The van der Waals surface area contributed by atoms with Crippen molar-refractivity contribution < 1.29 is 13.2 Å². The number of hydrogen-bond acceptors (Lipinski definition) is 3. The molecule has 0 aliphatic carbocycles. The normalized spacial score (nSPS) is 20.2. The van der Waals surface area contributed by atoms with E-state index in [-0.39, 0.29) is 5.91 Å². The van der Waals surface area contributed by atoms with Crippen LogP contribution in [0.2, 0.25) is 0 Å². The highest BCUT2D eigenvalue weighted by Crippen LogP contribution is 2.24. The second-order valence-electron chi connectivity index (χ2n) is 6.60. The zero-order valence-electron chi connectivity index (χ0n) is 14.3. The third-order valence-corrected chi connectivity index (χ3v) is 5.57. The number of piperidine rings is 1. The minimum atomic E-state index is -3.54. The van der Waals surface area contributed by atoms with Crippen LogP contribution in [-0.4, -0.2) is 44.6 Å². The Kier molecular flexibility index (Phi) is 5.34. The van der Waals surface area contributed by atoms with Crippen LogP contribution in [0.5, 0.6) is 0 Å². The summed E-state index contributed by atoms with van der Waals surface area (Å²) in [6.45, 7) is 7.15. The quantitative estimate of drug-likeness (QED) is 0.847. The van der Waals surface area contributed by atoms with Crippen molar-refractivity contribution in [1.82, 2.24) is 4.90 Å². The highest BCUT2D eigenvalue weighted by Gasteiger charge is 2.33. The number of aryl methyl sites for hydroxylation is 1. The lowest BCUT2D eigenvalue weighted by Gasteiger charge is -2.36. The smallest absolute Gasteiger partial charge is 0.246 e. The Morgan fingerprint density at radius 3 is 2.43 bits per heavy atom. The summed E-state index contributed by atoms with van der Waals surface area (Å²) in [6, 6.07) is 6.47. The zero-order chi connectivity index (χ0) is 17.2. The maximum absolute atomic E-state index is 12.8. The first-order valence-electron chi connectivity index (χ1n) is 8.05. The Bertz CT molecular complexity index is 655. The van der Waals surface area contributed by atoms with Crippen LogP contribution in [0.1, 0.15) is 32.3 Å². The Hall–Kier alpha value is -1.56. The molecule has 1 aromatic carbocycles. The molecular formula is C17H26N2O3S. The minimum Gasteiger partial charge on any atom is -0.341 e. The molecule has 1 aliphatic rings. The van der Waals surface area contributed by atoms with Crippen molar-refractivity contribution in [3.05, 3.63) is 29.8 Å². The molecule has 1 fully saturated rings. The molecule has 0 N–H and O–H groups in total. The van der Waals surface area contributed by atoms with E-state index in [2.05, 4.69) is 6.92 Å². The number of amides is 1. The van der Waals surface area contributed by atoms with Crippen LogP contribution >= 0.6 is 0 Å². The Balaban J connectivity index is 2.28. The molecule has 1 amide bonds. The molecule has 1 aromatic rings. The van der Waals surface area contributed by atoms with Crippen molar-refractivity contribution in [2.45, 2.75) is 39.7 Å². The lowest BCUT2D eigenvalue weighted by atomic mass is 10.00. The van der Waals surface area contributed by atoms with Gasteiger partial charge in [-0.3, -0.25) is 9.10 Å². The predicted molar refractivity (Wildman–Crippen MR) is 92.9 cm³/mol. The van der Waals surface area contributed by atoms with Gasteiger partial charge in [0.2, 0.25) is 15.9 Å². The van der Waals surface area contributed by atoms with Crippen LogP contribution in [0.15, 0.2) is 24.3 Å². The van der Waals surface area contributed by atoms with E-state index in [9.17, 15) is 13.2 Å². The molecule has 6 heteroatoms. The van der Waals surface area contributed by atoms with Gasteiger partial charge in [-0.2, -0.15) is 0 Å². The number of carbonyl (C=O) groups excluding carboxylic acids is 1. The number of anilines is 1. The lowest BCUT2D eigenvalue weighted by molar-refractivity contribution is -0.133. The molecule has 23 heavy (non-hydrogen) atoms. The van der Waals surface area contributed by atoms with E-state index in [1.807, 2.05) is 19.1 Å². The van der Waals surface area contributed by atoms with Gasteiger partial charge in [0.1, 0.15) is 6.04 Å². The summed E-state index contributed by atoms with van der Waals surface area (Å²) in [5.41, 5.74) is 1.58. The molecule has 0 unspecified atom stereocenters. The summed E-state index contributed by atoms with van der Waals surface area (Å²) in [5, 5.41) is 0. The first-order chi connectivity index (χ1) is 10.7. The van der Waals surface area contributed by atoms with Gasteiger partial charge in [-0.25, -0.2) is 8.42 Å². The van der Waals surface area contributed by atoms with Gasteiger partial charge in [-0.05, 0) is 44.7 Å². The highest BCUT2D eigenvalue weighted by atomic mass is 32.2. The van der Waals surface area contributed by atoms with Gasteiger partial charge in [0.15, 0.2) is 0 Å². The summed E-state index contributed by atoms with van der Waals surface area (Å²) in [4.78, 5) is 14.6. The van der Waals surface area contributed by atoms with Crippen LogP contribution in [0, 0.1) is 12.8 Å². The largest absolute Gasteiger partial charge is 0.341 e. The Labute approximate surface area is 139 Å². The van der Waals surface area contributed by atoms with E-state index in [0.29, 0.717) is 24.7 Å². The Morgan fingerprint density at radius 1 is 1.30 bits per heavy atom. The fourth-order valence-corrected chi connectivity index (χ4v) is 4.32. The second-order valence-corrected chi connectivity index (χ2v) is 8.46. The fraction of sp³-hybridized carbons (Fsp3) is 0.588. The summed E-state index contributed by atoms with van der Waals surface area (Å²) in [6.07, 6.45) is 3.24. The van der Waals surface area contributed by atoms with E-state index in [4.69, 9.17) is 0 Å². The van der Waals surface area contributed by atoms with Crippen molar-refractivity contribution in [3.8, 4) is 0 Å². The van der Waals surface area contributed by atoms with E-state index in [0.717, 1.165) is 24.7 Å².